The number of hydrogen-bond acceptors (Lipinski definition) is 5. The average molecular weight is 429 g/mol. The maximum atomic E-state index is 11.9. The fourth-order valence-electron chi connectivity index (χ4n) is 2.83. The number of aryl methyl sites for hydroxylation is 1. The second-order valence-corrected chi connectivity index (χ2v) is 7.01. The molecule has 0 unspecified atom stereocenters. The number of nitrogens with one attached hydrogen (secondary N) is 2. The van der Waals surface area contributed by atoms with Crippen molar-refractivity contribution in [1.82, 2.24) is 10.9 Å². The summed E-state index contributed by atoms with van der Waals surface area (Å²) in [7, 11) is 0. The molecule has 0 aromatic heterocycles. The molecule has 0 heterocycles. The summed E-state index contributed by atoms with van der Waals surface area (Å²) in [6.45, 7) is 1.92. The Balaban J connectivity index is 1.36. The summed E-state index contributed by atoms with van der Waals surface area (Å²) >= 11 is 0. The molecule has 0 aliphatic rings. The third-order valence-electron chi connectivity index (χ3n) is 4.50. The van der Waals surface area contributed by atoms with Crippen molar-refractivity contribution in [1.29, 1.82) is 5.26 Å². The zero-order valence-corrected chi connectivity index (χ0v) is 17.6. The molecule has 7 nitrogen and oxygen atoms in total. The van der Waals surface area contributed by atoms with Crippen LogP contribution in [-0.2, 0) is 9.59 Å². The Bertz CT molecular complexity index is 1100. The van der Waals surface area contributed by atoms with Gasteiger partial charge in [0.2, 0.25) is 5.91 Å². The molecule has 0 spiro atoms. The van der Waals surface area contributed by atoms with Gasteiger partial charge in [0.05, 0.1) is 24.7 Å². The molecule has 0 aliphatic carbocycles. The molecule has 0 atom stereocenters. The van der Waals surface area contributed by atoms with Crippen molar-refractivity contribution in [3.63, 3.8) is 0 Å². The van der Waals surface area contributed by atoms with Crippen LogP contribution in [0.15, 0.2) is 72.8 Å². The van der Waals surface area contributed by atoms with Crippen LogP contribution in [0.3, 0.4) is 0 Å². The summed E-state index contributed by atoms with van der Waals surface area (Å²) in [5.41, 5.74) is 8.26. The fourth-order valence-corrected chi connectivity index (χ4v) is 2.83. The molecule has 3 rings (SSSR count). The number of rotatable bonds is 8. The molecule has 0 fully saturated rings. The first-order chi connectivity index (χ1) is 15.5. The number of hydrazine groups is 1. The quantitative estimate of drug-likeness (QED) is 0.534. The topological polar surface area (TPSA) is 100 Å². The molecule has 7 heteroatoms. The minimum atomic E-state index is -0.478. The first kappa shape index (κ1) is 22.4. The summed E-state index contributed by atoms with van der Waals surface area (Å²) in [4.78, 5) is 23.7. The largest absolute Gasteiger partial charge is 0.493 e. The molecule has 0 radical (unpaired) electrons. The van der Waals surface area contributed by atoms with E-state index in [2.05, 4.69) is 16.9 Å². The van der Waals surface area contributed by atoms with E-state index >= 15 is 0 Å². The molecule has 3 aromatic rings. The minimum Gasteiger partial charge on any atom is -0.493 e. The molecular formula is C25H23N3O4. The summed E-state index contributed by atoms with van der Waals surface area (Å²) in [6, 6.07) is 24.1. The molecule has 162 valence electrons. The molecule has 2 N–H and O–H groups in total. The number of carbonyl (C=O) groups excluding carboxylic acids is 2. The number of carbonyl (C=O) groups is 2. The molecule has 3 aromatic carbocycles. The van der Waals surface area contributed by atoms with Gasteiger partial charge in [0.25, 0.3) is 5.91 Å². The molecule has 0 saturated heterocycles. The summed E-state index contributed by atoms with van der Waals surface area (Å²) in [5.74, 6) is 0.378. The Morgan fingerprint density at radius 1 is 0.844 bits per heavy atom. The van der Waals surface area contributed by atoms with Gasteiger partial charge in [0.1, 0.15) is 11.5 Å². The van der Waals surface area contributed by atoms with Gasteiger partial charge in [0.15, 0.2) is 6.61 Å². The van der Waals surface area contributed by atoms with Crippen LogP contribution in [0.25, 0.3) is 11.1 Å². The molecule has 0 aliphatic heterocycles. The van der Waals surface area contributed by atoms with Crippen LogP contribution in [0.4, 0.5) is 0 Å². The lowest BCUT2D eigenvalue weighted by Gasteiger charge is -2.10. The SMILES string of the molecule is Cc1cccc(OCCC(=O)NNC(=O)COc2ccc(-c3ccc(C#N)cc3)cc2)c1. The van der Waals surface area contributed by atoms with Crippen molar-refractivity contribution >= 4 is 11.8 Å². The van der Waals surface area contributed by atoms with E-state index in [0.717, 1.165) is 16.7 Å². The monoisotopic (exact) mass is 429 g/mol. The van der Waals surface area contributed by atoms with Gasteiger partial charge in [-0.1, -0.05) is 36.4 Å². The third-order valence-corrected chi connectivity index (χ3v) is 4.50. The first-order valence-corrected chi connectivity index (χ1v) is 10.0. The van der Waals surface area contributed by atoms with Crippen molar-refractivity contribution in [2.24, 2.45) is 0 Å². The molecular weight excluding hydrogens is 406 g/mol. The number of amides is 2. The van der Waals surface area contributed by atoms with E-state index in [1.165, 1.54) is 0 Å². The van der Waals surface area contributed by atoms with E-state index in [0.29, 0.717) is 17.1 Å². The van der Waals surface area contributed by atoms with E-state index in [1.54, 1.807) is 24.3 Å². The highest BCUT2D eigenvalue weighted by Gasteiger charge is 2.07. The number of nitrogens with zero attached hydrogens (tertiary/aromatic N) is 1. The smallest absolute Gasteiger partial charge is 0.276 e. The van der Waals surface area contributed by atoms with E-state index in [1.807, 2.05) is 55.5 Å². The Hall–Kier alpha value is -4.31. The van der Waals surface area contributed by atoms with Crippen molar-refractivity contribution in [3.8, 4) is 28.7 Å². The standard InChI is InChI=1S/C25H23N3O4/c1-18-3-2-4-23(15-18)31-14-13-24(29)27-28-25(30)17-32-22-11-9-21(10-12-22)20-7-5-19(16-26)6-8-20/h2-12,15H,13-14,17H2,1H3,(H,27,29)(H,28,30). The van der Waals surface area contributed by atoms with E-state index in [9.17, 15) is 9.59 Å². The van der Waals surface area contributed by atoms with Gasteiger partial charge in [-0.15, -0.1) is 0 Å². The van der Waals surface area contributed by atoms with Crippen LogP contribution in [0.2, 0.25) is 0 Å². The highest BCUT2D eigenvalue weighted by molar-refractivity contribution is 5.82. The maximum absolute atomic E-state index is 11.9. The zero-order chi connectivity index (χ0) is 22.8. The van der Waals surface area contributed by atoms with Gasteiger partial charge in [-0.25, -0.2) is 0 Å². The molecule has 2 amide bonds. The van der Waals surface area contributed by atoms with Gasteiger partial charge in [-0.05, 0) is 60.0 Å². The van der Waals surface area contributed by atoms with Gasteiger partial charge in [-0.3, -0.25) is 20.4 Å². The van der Waals surface area contributed by atoms with Crippen LogP contribution < -0.4 is 20.3 Å². The number of ether oxygens (including phenoxy) is 2. The molecule has 0 bridgehead atoms. The highest BCUT2D eigenvalue weighted by Crippen LogP contribution is 2.22. The van der Waals surface area contributed by atoms with Gasteiger partial charge < -0.3 is 9.47 Å². The average Bonchev–Trinajstić information content (AvgIpc) is 2.82. The third kappa shape index (κ3) is 6.89. The van der Waals surface area contributed by atoms with Gasteiger partial charge in [0, 0.05) is 0 Å². The second-order valence-electron chi connectivity index (χ2n) is 7.01. The molecule has 0 saturated carbocycles. The predicted molar refractivity (Wildman–Crippen MR) is 120 cm³/mol. The lowest BCUT2D eigenvalue weighted by molar-refractivity contribution is -0.130. The maximum Gasteiger partial charge on any atom is 0.276 e. The summed E-state index contributed by atoms with van der Waals surface area (Å²) < 4.78 is 11.0. The Labute approximate surface area is 186 Å². The summed E-state index contributed by atoms with van der Waals surface area (Å²) in [6.07, 6.45) is 0.103. The van der Waals surface area contributed by atoms with Crippen molar-refractivity contribution < 1.29 is 19.1 Å². The van der Waals surface area contributed by atoms with E-state index in [4.69, 9.17) is 14.7 Å². The number of hydrogen-bond donors (Lipinski definition) is 2. The zero-order valence-electron chi connectivity index (χ0n) is 17.6. The minimum absolute atomic E-state index is 0.103. The summed E-state index contributed by atoms with van der Waals surface area (Å²) in [5, 5.41) is 8.87. The lowest BCUT2D eigenvalue weighted by Crippen LogP contribution is -2.44. The predicted octanol–water partition coefficient (Wildman–Crippen LogP) is 3.53. The van der Waals surface area contributed by atoms with E-state index in [-0.39, 0.29) is 25.5 Å². The second kappa shape index (κ2) is 11.2. The number of benzene rings is 3. The van der Waals surface area contributed by atoms with Gasteiger partial charge >= 0.3 is 0 Å². The highest BCUT2D eigenvalue weighted by atomic mass is 16.5. The van der Waals surface area contributed by atoms with Crippen LogP contribution in [0, 0.1) is 18.3 Å². The van der Waals surface area contributed by atoms with Crippen LogP contribution in [-0.4, -0.2) is 25.0 Å². The van der Waals surface area contributed by atoms with Crippen LogP contribution in [0.1, 0.15) is 17.5 Å². The first-order valence-electron chi connectivity index (χ1n) is 10.0. The van der Waals surface area contributed by atoms with Crippen molar-refractivity contribution in [2.45, 2.75) is 13.3 Å². The van der Waals surface area contributed by atoms with Crippen LogP contribution in [0.5, 0.6) is 11.5 Å². The Morgan fingerprint density at radius 3 is 2.16 bits per heavy atom. The normalized spacial score (nSPS) is 10.0. The van der Waals surface area contributed by atoms with Crippen molar-refractivity contribution in [3.05, 3.63) is 83.9 Å². The molecule has 32 heavy (non-hydrogen) atoms. The van der Waals surface area contributed by atoms with Gasteiger partial charge in [-0.2, -0.15) is 5.26 Å². The fraction of sp³-hybridized carbons (Fsp3) is 0.160. The Morgan fingerprint density at radius 2 is 1.50 bits per heavy atom. The van der Waals surface area contributed by atoms with E-state index < -0.39 is 5.91 Å². The lowest BCUT2D eigenvalue weighted by atomic mass is 10.0. The van der Waals surface area contributed by atoms with Crippen molar-refractivity contribution in [2.75, 3.05) is 13.2 Å². The Kier molecular flexibility index (Phi) is 7.82. The number of nitriles is 1. The van der Waals surface area contributed by atoms with Crippen LogP contribution >= 0.6 is 0 Å².